The number of phenols is 1. The Morgan fingerprint density at radius 3 is 2.79 bits per heavy atom. The van der Waals surface area contributed by atoms with E-state index in [4.69, 9.17) is 4.74 Å². The minimum atomic E-state index is 0.00690. The molecule has 3 nitrogen and oxygen atoms in total. The molecule has 0 fully saturated rings. The molecule has 0 radical (unpaired) electrons. The third kappa shape index (κ3) is 2.49. The quantitative estimate of drug-likeness (QED) is 0.796. The summed E-state index contributed by atoms with van der Waals surface area (Å²) in [6.45, 7) is 3.87. The van der Waals surface area contributed by atoms with Gasteiger partial charge in [-0.15, -0.1) is 0 Å². The molecule has 3 heteroatoms. The highest BCUT2D eigenvalue weighted by atomic mass is 16.5. The average molecular weight is 194 g/mol. The van der Waals surface area contributed by atoms with Crippen molar-refractivity contribution >= 4 is 5.78 Å². The van der Waals surface area contributed by atoms with Crippen LogP contribution in [0.25, 0.3) is 0 Å². The number of benzene rings is 1. The number of aromatic hydroxyl groups is 1. The minimum Gasteiger partial charge on any atom is -0.508 e. The molecule has 0 saturated carbocycles. The molecule has 0 bridgehead atoms. The SMILES string of the molecule is CCOc1cccc(O)c1CC(C)=O. The number of rotatable bonds is 4. The van der Waals surface area contributed by atoms with E-state index >= 15 is 0 Å². The fourth-order valence-corrected chi connectivity index (χ4v) is 1.27. The van der Waals surface area contributed by atoms with E-state index < -0.39 is 0 Å². The molecule has 14 heavy (non-hydrogen) atoms. The first-order valence-corrected chi connectivity index (χ1v) is 4.58. The van der Waals surface area contributed by atoms with Gasteiger partial charge in [0.15, 0.2) is 0 Å². The van der Waals surface area contributed by atoms with Gasteiger partial charge in [0.1, 0.15) is 17.3 Å². The van der Waals surface area contributed by atoms with Gasteiger partial charge < -0.3 is 9.84 Å². The second kappa shape index (κ2) is 4.65. The molecule has 0 aliphatic heterocycles. The van der Waals surface area contributed by atoms with Gasteiger partial charge in [0.05, 0.1) is 6.61 Å². The predicted octanol–water partition coefficient (Wildman–Crippen LogP) is 1.92. The predicted molar refractivity (Wildman–Crippen MR) is 53.7 cm³/mol. The van der Waals surface area contributed by atoms with E-state index in [0.29, 0.717) is 17.9 Å². The van der Waals surface area contributed by atoms with Crippen molar-refractivity contribution in [1.82, 2.24) is 0 Å². The zero-order chi connectivity index (χ0) is 10.6. The van der Waals surface area contributed by atoms with Crippen LogP contribution in [0.5, 0.6) is 11.5 Å². The maximum atomic E-state index is 11.0. The molecule has 0 aliphatic carbocycles. The number of hydrogen-bond donors (Lipinski definition) is 1. The zero-order valence-corrected chi connectivity index (χ0v) is 8.41. The lowest BCUT2D eigenvalue weighted by molar-refractivity contribution is -0.116. The van der Waals surface area contributed by atoms with Crippen LogP contribution in [0, 0.1) is 0 Å². The number of ether oxygens (including phenoxy) is 1. The van der Waals surface area contributed by atoms with E-state index in [9.17, 15) is 9.90 Å². The first-order chi connectivity index (χ1) is 6.65. The normalized spacial score (nSPS) is 9.86. The average Bonchev–Trinajstić information content (AvgIpc) is 2.11. The Hall–Kier alpha value is -1.51. The molecule has 0 aromatic heterocycles. The molecular formula is C11H14O3. The van der Waals surface area contributed by atoms with Gasteiger partial charge in [-0.05, 0) is 26.0 Å². The summed E-state index contributed by atoms with van der Waals surface area (Å²) >= 11 is 0. The van der Waals surface area contributed by atoms with Gasteiger partial charge in [0, 0.05) is 12.0 Å². The Bertz CT molecular complexity index is 331. The van der Waals surface area contributed by atoms with E-state index in [1.54, 1.807) is 18.2 Å². The van der Waals surface area contributed by atoms with E-state index in [-0.39, 0.29) is 18.0 Å². The Balaban J connectivity index is 3.02. The van der Waals surface area contributed by atoms with Crippen LogP contribution >= 0.6 is 0 Å². The molecule has 0 unspecified atom stereocenters. The van der Waals surface area contributed by atoms with Crippen molar-refractivity contribution in [2.24, 2.45) is 0 Å². The topological polar surface area (TPSA) is 46.5 Å². The summed E-state index contributed by atoms with van der Waals surface area (Å²) in [7, 11) is 0. The van der Waals surface area contributed by atoms with Gasteiger partial charge in [0.25, 0.3) is 0 Å². The summed E-state index contributed by atoms with van der Waals surface area (Å²) in [5.41, 5.74) is 0.571. The molecule has 1 aromatic rings. The monoisotopic (exact) mass is 194 g/mol. The molecule has 0 spiro atoms. The lowest BCUT2D eigenvalue weighted by Gasteiger charge is -2.10. The van der Waals surface area contributed by atoms with Crippen molar-refractivity contribution in [1.29, 1.82) is 0 Å². The highest BCUT2D eigenvalue weighted by Crippen LogP contribution is 2.27. The molecule has 0 aliphatic rings. The number of hydrogen-bond acceptors (Lipinski definition) is 3. The Kier molecular flexibility index (Phi) is 3.51. The number of carbonyl (C=O) groups excluding carboxylic acids is 1. The second-order valence-corrected chi connectivity index (χ2v) is 3.07. The van der Waals surface area contributed by atoms with Crippen LogP contribution in [0.15, 0.2) is 18.2 Å². The Labute approximate surface area is 83.3 Å². The Morgan fingerprint density at radius 1 is 1.50 bits per heavy atom. The van der Waals surface area contributed by atoms with Crippen molar-refractivity contribution in [3.63, 3.8) is 0 Å². The fourth-order valence-electron chi connectivity index (χ4n) is 1.27. The van der Waals surface area contributed by atoms with Crippen LogP contribution in [-0.2, 0) is 11.2 Å². The molecule has 0 amide bonds. The summed E-state index contributed by atoms with van der Waals surface area (Å²) in [6, 6.07) is 5.01. The summed E-state index contributed by atoms with van der Waals surface area (Å²) in [5, 5.41) is 9.53. The number of Topliss-reactive ketones (excluding diaryl/α,β-unsaturated/α-hetero) is 1. The van der Waals surface area contributed by atoms with Crippen LogP contribution in [0.1, 0.15) is 19.4 Å². The molecule has 0 heterocycles. The molecular weight excluding hydrogens is 180 g/mol. The molecule has 1 rings (SSSR count). The fraction of sp³-hybridized carbons (Fsp3) is 0.364. The van der Waals surface area contributed by atoms with Gasteiger partial charge >= 0.3 is 0 Å². The maximum Gasteiger partial charge on any atom is 0.134 e. The second-order valence-electron chi connectivity index (χ2n) is 3.07. The van der Waals surface area contributed by atoms with Crippen molar-refractivity contribution in [3.8, 4) is 11.5 Å². The summed E-state index contributed by atoms with van der Waals surface area (Å²) < 4.78 is 5.31. The largest absolute Gasteiger partial charge is 0.508 e. The van der Waals surface area contributed by atoms with Gasteiger partial charge in [0.2, 0.25) is 0 Å². The lowest BCUT2D eigenvalue weighted by Crippen LogP contribution is -2.01. The number of ketones is 1. The van der Waals surface area contributed by atoms with Crippen molar-refractivity contribution in [2.45, 2.75) is 20.3 Å². The highest BCUT2D eigenvalue weighted by molar-refractivity contribution is 5.79. The van der Waals surface area contributed by atoms with Crippen LogP contribution in [-0.4, -0.2) is 17.5 Å². The lowest BCUT2D eigenvalue weighted by atomic mass is 10.1. The molecule has 1 N–H and O–H groups in total. The summed E-state index contributed by atoms with van der Waals surface area (Å²) in [5.74, 6) is 0.710. The van der Waals surface area contributed by atoms with Gasteiger partial charge in [-0.2, -0.15) is 0 Å². The third-order valence-corrected chi connectivity index (χ3v) is 1.83. The maximum absolute atomic E-state index is 11.0. The van der Waals surface area contributed by atoms with E-state index in [0.717, 1.165) is 0 Å². The molecule has 1 aromatic carbocycles. The number of carbonyl (C=O) groups is 1. The summed E-state index contributed by atoms with van der Waals surface area (Å²) in [4.78, 5) is 11.0. The van der Waals surface area contributed by atoms with E-state index in [1.807, 2.05) is 6.92 Å². The first-order valence-electron chi connectivity index (χ1n) is 4.58. The number of phenolic OH excluding ortho intramolecular Hbond substituents is 1. The van der Waals surface area contributed by atoms with Crippen LogP contribution in [0.3, 0.4) is 0 Å². The third-order valence-electron chi connectivity index (χ3n) is 1.83. The molecule has 0 saturated heterocycles. The molecule has 0 atom stereocenters. The standard InChI is InChI=1S/C11H14O3/c1-3-14-11-6-4-5-10(13)9(11)7-8(2)12/h4-6,13H,3,7H2,1-2H3. The van der Waals surface area contributed by atoms with Crippen LogP contribution in [0.4, 0.5) is 0 Å². The van der Waals surface area contributed by atoms with Crippen LogP contribution in [0.2, 0.25) is 0 Å². The summed E-state index contributed by atoms with van der Waals surface area (Å²) in [6.07, 6.45) is 0.210. The Morgan fingerprint density at radius 2 is 2.21 bits per heavy atom. The smallest absolute Gasteiger partial charge is 0.134 e. The first kappa shape index (κ1) is 10.6. The van der Waals surface area contributed by atoms with Crippen molar-refractivity contribution in [3.05, 3.63) is 23.8 Å². The van der Waals surface area contributed by atoms with Gasteiger partial charge in [-0.1, -0.05) is 6.07 Å². The van der Waals surface area contributed by atoms with Gasteiger partial charge in [-0.3, -0.25) is 4.79 Å². The van der Waals surface area contributed by atoms with Gasteiger partial charge in [-0.25, -0.2) is 0 Å². The zero-order valence-electron chi connectivity index (χ0n) is 8.41. The van der Waals surface area contributed by atoms with Crippen molar-refractivity contribution in [2.75, 3.05) is 6.61 Å². The highest BCUT2D eigenvalue weighted by Gasteiger charge is 2.10. The minimum absolute atomic E-state index is 0.00690. The molecule has 76 valence electrons. The van der Waals surface area contributed by atoms with Crippen molar-refractivity contribution < 1.29 is 14.6 Å². The van der Waals surface area contributed by atoms with E-state index in [2.05, 4.69) is 0 Å². The van der Waals surface area contributed by atoms with E-state index in [1.165, 1.54) is 6.92 Å². The van der Waals surface area contributed by atoms with Crippen LogP contribution < -0.4 is 4.74 Å².